The van der Waals surface area contributed by atoms with E-state index >= 15 is 0 Å². The number of hydrogen-bond acceptors (Lipinski definition) is 5. The molecule has 30 heavy (non-hydrogen) atoms. The SMILES string of the molecule is CC(C)(C)OC(=O)N1CCC(CCOC(=O)N2CCN(c3ccccc3)CC2)CC1. The van der Waals surface area contributed by atoms with Crippen LogP contribution in [-0.4, -0.2) is 73.5 Å². The molecule has 166 valence electrons. The van der Waals surface area contributed by atoms with Crippen LogP contribution in [0.1, 0.15) is 40.0 Å². The molecule has 0 radical (unpaired) electrons. The van der Waals surface area contributed by atoms with Crippen LogP contribution in [0, 0.1) is 5.92 Å². The lowest BCUT2D eigenvalue weighted by atomic mass is 9.94. The molecule has 2 aliphatic heterocycles. The summed E-state index contributed by atoms with van der Waals surface area (Å²) in [6.45, 7) is 10.5. The van der Waals surface area contributed by atoms with Gasteiger partial charge < -0.3 is 24.2 Å². The summed E-state index contributed by atoms with van der Waals surface area (Å²) in [6.07, 6.45) is 2.24. The molecule has 2 fully saturated rings. The Hall–Kier alpha value is -2.44. The number of para-hydroxylation sites is 1. The first-order valence-corrected chi connectivity index (χ1v) is 11.0. The summed E-state index contributed by atoms with van der Waals surface area (Å²) in [5, 5.41) is 0. The van der Waals surface area contributed by atoms with Crippen molar-refractivity contribution in [3.63, 3.8) is 0 Å². The fraction of sp³-hybridized carbons (Fsp3) is 0.652. The van der Waals surface area contributed by atoms with Crippen LogP contribution in [0.25, 0.3) is 0 Å². The lowest BCUT2D eigenvalue weighted by molar-refractivity contribution is 0.0172. The Bertz CT molecular complexity index is 688. The number of benzene rings is 1. The highest BCUT2D eigenvalue weighted by Crippen LogP contribution is 2.22. The Kier molecular flexibility index (Phi) is 7.45. The minimum Gasteiger partial charge on any atom is -0.449 e. The third kappa shape index (κ3) is 6.54. The van der Waals surface area contributed by atoms with Crippen LogP contribution >= 0.6 is 0 Å². The second-order valence-electron chi connectivity index (χ2n) is 9.12. The maximum atomic E-state index is 12.4. The summed E-state index contributed by atoms with van der Waals surface area (Å²) in [7, 11) is 0. The summed E-state index contributed by atoms with van der Waals surface area (Å²) in [4.78, 5) is 30.4. The van der Waals surface area contributed by atoms with Gasteiger partial charge in [-0.25, -0.2) is 9.59 Å². The number of rotatable bonds is 4. The standard InChI is InChI=1S/C23H35N3O4/c1-23(2,3)30-22(28)25-12-9-19(10-13-25)11-18-29-21(27)26-16-14-24(15-17-26)20-7-5-4-6-8-20/h4-8,19H,9-18H2,1-3H3. The van der Waals surface area contributed by atoms with Crippen molar-refractivity contribution < 1.29 is 19.1 Å². The van der Waals surface area contributed by atoms with Crippen molar-refractivity contribution in [1.82, 2.24) is 9.80 Å². The van der Waals surface area contributed by atoms with Gasteiger partial charge in [-0.05, 0) is 58.1 Å². The molecule has 3 rings (SSSR count). The van der Waals surface area contributed by atoms with E-state index in [1.165, 1.54) is 5.69 Å². The molecular formula is C23H35N3O4. The molecule has 0 saturated carbocycles. The Morgan fingerprint density at radius 1 is 0.900 bits per heavy atom. The average Bonchev–Trinajstić information content (AvgIpc) is 2.73. The highest BCUT2D eigenvalue weighted by molar-refractivity contribution is 5.68. The zero-order valence-corrected chi connectivity index (χ0v) is 18.5. The van der Waals surface area contributed by atoms with Gasteiger partial charge in [0.2, 0.25) is 0 Å². The topological polar surface area (TPSA) is 62.3 Å². The van der Waals surface area contributed by atoms with Gasteiger partial charge in [0.1, 0.15) is 5.60 Å². The van der Waals surface area contributed by atoms with E-state index < -0.39 is 5.60 Å². The Labute approximate surface area is 179 Å². The van der Waals surface area contributed by atoms with Crippen molar-refractivity contribution in [3.8, 4) is 0 Å². The first kappa shape index (κ1) is 22.2. The Morgan fingerprint density at radius 3 is 2.10 bits per heavy atom. The third-order valence-electron chi connectivity index (χ3n) is 5.68. The predicted molar refractivity (Wildman–Crippen MR) is 117 cm³/mol. The van der Waals surface area contributed by atoms with Crippen LogP contribution in [0.5, 0.6) is 0 Å². The first-order chi connectivity index (χ1) is 14.3. The highest BCUT2D eigenvalue weighted by atomic mass is 16.6. The lowest BCUT2D eigenvalue weighted by Crippen LogP contribution is -2.49. The maximum Gasteiger partial charge on any atom is 0.410 e. The van der Waals surface area contributed by atoms with E-state index in [1.54, 1.807) is 9.80 Å². The molecule has 2 aliphatic rings. The number of ether oxygens (including phenoxy) is 2. The zero-order valence-electron chi connectivity index (χ0n) is 18.5. The van der Waals surface area contributed by atoms with Crippen molar-refractivity contribution >= 4 is 17.9 Å². The van der Waals surface area contributed by atoms with E-state index in [0.717, 1.165) is 32.4 Å². The summed E-state index contributed by atoms with van der Waals surface area (Å²) < 4.78 is 11.0. The van der Waals surface area contributed by atoms with Crippen LogP contribution in [0.3, 0.4) is 0 Å². The third-order valence-corrected chi connectivity index (χ3v) is 5.68. The smallest absolute Gasteiger partial charge is 0.410 e. The number of anilines is 1. The molecule has 0 aromatic heterocycles. The maximum absolute atomic E-state index is 12.4. The number of piperidine rings is 1. The number of piperazine rings is 1. The fourth-order valence-electron chi connectivity index (χ4n) is 3.92. The van der Waals surface area contributed by atoms with Gasteiger partial charge in [-0.15, -0.1) is 0 Å². The van der Waals surface area contributed by atoms with E-state index in [0.29, 0.717) is 38.7 Å². The molecule has 1 aromatic carbocycles. The molecule has 0 atom stereocenters. The van der Waals surface area contributed by atoms with Crippen molar-refractivity contribution in [3.05, 3.63) is 30.3 Å². The molecule has 0 unspecified atom stereocenters. The summed E-state index contributed by atoms with van der Waals surface area (Å²) >= 11 is 0. The molecule has 0 bridgehead atoms. The molecule has 2 heterocycles. The lowest BCUT2D eigenvalue weighted by Gasteiger charge is -2.35. The Morgan fingerprint density at radius 2 is 1.50 bits per heavy atom. The van der Waals surface area contributed by atoms with Gasteiger partial charge in [-0.2, -0.15) is 0 Å². The van der Waals surface area contributed by atoms with Crippen LogP contribution in [0.4, 0.5) is 15.3 Å². The number of hydrogen-bond donors (Lipinski definition) is 0. The van der Waals surface area contributed by atoms with Crippen molar-refractivity contribution in [2.24, 2.45) is 5.92 Å². The molecule has 2 amide bonds. The van der Waals surface area contributed by atoms with Crippen LogP contribution in [-0.2, 0) is 9.47 Å². The van der Waals surface area contributed by atoms with Gasteiger partial charge in [0, 0.05) is 45.0 Å². The van der Waals surface area contributed by atoms with Crippen LogP contribution in [0.15, 0.2) is 30.3 Å². The van der Waals surface area contributed by atoms with Crippen molar-refractivity contribution in [2.45, 2.75) is 45.6 Å². The number of carbonyl (C=O) groups excluding carboxylic acids is 2. The molecule has 0 aliphatic carbocycles. The highest BCUT2D eigenvalue weighted by Gasteiger charge is 2.27. The van der Waals surface area contributed by atoms with E-state index in [2.05, 4.69) is 17.0 Å². The van der Waals surface area contributed by atoms with Gasteiger partial charge in [-0.3, -0.25) is 0 Å². The second-order valence-corrected chi connectivity index (χ2v) is 9.12. The molecule has 1 aromatic rings. The quantitative estimate of drug-likeness (QED) is 0.741. The van der Waals surface area contributed by atoms with Gasteiger partial charge in [-0.1, -0.05) is 18.2 Å². The van der Waals surface area contributed by atoms with Gasteiger partial charge in [0.15, 0.2) is 0 Å². The van der Waals surface area contributed by atoms with Crippen LogP contribution in [0.2, 0.25) is 0 Å². The van der Waals surface area contributed by atoms with E-state index in [-0.39, 0.29) is 12.2 Å². The number of nitrogens with zero attached hydrogens (tertiary/aromatic N) is 3. The minimum absolute atomic E-state index is 0.214. The average molecular weight is 418 g/mol. The Balaban J connectivity index is 1.31. The first-order valence-electron chi connectivity index (χ1n) is 11.0. The molecule has 2 saturated heterocycles. The normalized spacial score (nSPS) is 18.3. The van der Waals surface area contributed by atoms with E-state index in [4.69, 9.17) is 9.47 Å². The van der Waals surface area contributed by atoms with E-state index in [9.17, 15) is 9.59 Å². The molecule has 0 spiro atoms. The summed E-state index contributed by atoms with van der Waals surface area (Å²) in [5.74, 6) is 0.478. The monoisotopic (exact) mass is 417 g/mol. The summed E-state index contributed by atoms with van der Waals surface area (Å²) in [5.41, 5.74) is 0.734. The number of amides is 2. The van der Waals surface area contributed by atoms with Crippen molar-refractivity contribution in [1.29, 1.82) is 0 Å². The van der Waals surface area contributed by atoms with Crippen LogP contribution < -0.4 is 4.90 Å². The van der Waals surface area contributed by atoms with Gasteiger partial charge in [0.05, 0.1) is 6.61 Å². The van der Waals surface area contributed by atoms with Gasteiger partial charge >= 0.3 is 12.2 Å². The summed E-state index contributed by atoms with van der Waals surface area (Å²) in [6, 6.07) is 10.3. The predicted octanol–water partition coefficient (Wildman–Crippen LogP) is 3.98. The van der Waals surface area contributed by atoms with Crippen molar-refractivity contribution in [2.75, 3.05) is 50.8 Å². The molecule has 7 heteroatoms. The number of likely N-dealkylation sites (tertiary alicyclic amines) is 1. The largest absolute Gasteiger partial charge is 0.449 e. The second kappa shape index (κ2) is 10.0. The molecular weight excluding hydrogens is 382 g/mol. The van der Waals surface area contributed by atoms with E-state index in [1.807, 2.05) is 39.0 Å². The minimum atomic E-state index is -0.464. The number of carbonyl (C=O) groups is 2. The fourth-order valence-corrected chi connectivity index (χ4v) is 3.92. The van der Waals surface area contributed by atoms with Gasteiger partial charge in [0.25, 0.3) is 0 Å². The molecule has 0 N–H and O–H groups in total. The zero-order chi connectivity index (χ0) is 21.6. The molecule has 7 nitrogen and oxygen atoms in total.